The van der Waals surface area contributed by atoms with Crippen LogP contribution in [0.2, 0.25) is 0 Å². The van der Waals surface area contributed by atoms with Gasteiger partial charge in [-0.05, 0) is 13.8 Å². The maximum absolute atomic E-state index is 10.1. The van der Waals surface area contributed by atoms with E-state index in [2.05, 4.69) is 4.98 Å². The molecular formula is C7H8NO2S. The molecule has 4 heteroatoms. The van der Waals surface area contributed by atoms with Crippen LogP contribution in [0.5, 0.6) is 0 Å². The molecule has 3 nitrogen and oxygen atoms in total. The van der Waals surface area contributed by atoms with Crippen molar-refractivity contribution in [1.29, 1.82) is 0 Å². The second kappa shape index (κ2) is 2.71. The second-order valence-electron chi connectivity index (χ2n) is 2.69. The summed E-state index contributed by atoms with van der Waals surface area (Å²) in [6.07, 6.45) is 3.12. The van der Waals surface area contributed by atoms with Crippen LogP contribution in [0.4, 0.5) is 0 Å². The first kappa shape index (κ1) is 8.36. The lowest BCUT2D eigenvalue weighted by molar-refractivity contribution is 0.0783. The van der Waals surface area contributed by atoms with Gasteiger partial charge < -0.3 is 5.11 Å². The number of nitrogens with zero attached hydrogens (tertiary/aromatic N) is 1. The highest BCUT2D eigenvalue weighted by atomic mass is 32.1. The Morgan fingerprint density at radius 3 is 2.64 bits per heavy atom. The molecule has 0 saturated carbocycles. The van der Waals surface area contributed by atoms with Crippen LogP contribution in [0.3, 0.4) is 0 Å². The van der Waals surface area contributed by atoms with Gasteiger partial charge in [-0.3, -0.25) is 4.79 Å². The number of hydrogen-bond acceptors (Lipinski definition) is 4. The maximum Gasteiger partial charge on any atom is 0.245 e. The van der Waals surface area contributed by atoms with Gasteiger partial charge in [-0.15, -0.1) is 11.3 Å². The van der Waals surface area contributed by atoms with Crippen molar-refractivity contribution in [2.45, 2.75) is 19.4 Å². The Morgan fingerprint density at radius 2 is 2.36 bits per heavy atom. The van der Waals surface area contributed by atoms with Gasteiger partial charge in [0.1, 0.15) is 10.6 Å². The van der Waals surface area contributed by atoms with Crippen LogP contribution in [0.1, 0.15) is 23.7 Å². The quantitative estimate of drug-likeness (QED) is 0.715. The van der Waals surface area contributed by atoms with Crippen molar-refractivity contribution in [3.8, 4) is 0 Å². The van der Waals surface area contributed by atoms with E-state index in [0.29, 0.717) is 9.88 Å². The molecule has 59 valence electrons. The van der Waals surface area contributed by atoms with E-state index in [-0.39, 0.29) is 0 Å². The summed E-state index contributed by atoms with van der Waals surface area (Å²) in [6.45, 7) is 3.25. The van der Waals surface area contributed by atoms with Crippen LogP contribution in [-0.2, 0) is 10.4 Å². The number of thiazole rings is 1. The fourth-order valence-corrected chi connectivity index (χ4v) is 1.31. The maximum atomic E-state index is 10.1. The molecule has 0 saturated heterocycles. The summed E-state index contributed by atoms with van der Waals surface area (Å²) in [5.41, 5.74) is -0.959. The van der Waals surface area contributed by atoms with Crippen molar-refractivity contribution in [1.82, 2.24) is 4.98 Å². The summed E-state index contributed by atoms with van der Waals surface area (Å²) in [4.78, 5) is 14.4. The van der Waals surface area contributed by atoms with Crippen LogP contribution in [-0.4, -0.2) is 16.4 Å². The van der Waals surface area contributed by atoms with Gasteiger partial charge in [-0.25, -0.2) is 4.98 Å². The summed E-state index contributed by atoms with van der Waals surface area (Å²) in [5, 5.41) is 9.95. The van der Waals surface area contributed by atoms with E-state index in [1.54, 1.807) is 20.1 Å². The van der Waals surface area contributed by atoms with Crippen molar-refractivity contribution in [2.24, 2.45) is 0 Å². The third kappa shape index (κ3) is 1.85. The zero-order valence-corrected chi connectivity index (χ0v) is 7.10. The Labute approximate surface area is 68.7 Å². The predicted molar refractivity (Wildman–Crippen MR) is 42.2 cm³/mol. The molecule has 1 heterocycles. The average Bonchev–Trinajstić information content (AvgIpc) is 2.32. The Hall–Kier alpha value is -0.740. The molecule has 0 spiro atoms. The second-order valence-corrected chi connectivity index (χ2v) is 3.72. The molecule has 0 bridgehead atoms. The van der Waals surface area contributed by atoms with Gasteiger partial charge in [0.25, 0.3) is 0 Å². The molecule has 0 atom stereocenters. The number of carbonyl (C=O) groups excluding carboxylic acids is 1. The lowest BCUT2D eigenvalue weighted by atomic mass is 10.2. The summed E-state index contributed by atoms with van der Waals surface area (Å²) in [5.74, 6) is 0. The van der Waals surface area contributed by atoms with E-state index >= 15 is 0 Å². The monoisotopic (exact) mass is 170 g/mol. The van der Waals surface area contributed by atoms with Crippen molar-refractivity contribution in [2.75, 3.05) is 0 Å². The minimum Gasteiger partial charge on any atom is -0.383 e. The molecule has 0 fully saturated rings. The fourth-order valence-electron chi connectivity index (χ4n) is 0.604. The van der Waals surface area contributed by atoms with Crippen LogP contribution in [0, 0.1) is 0 Å². The third-order valence-corrected chi connectivity index (χ3v) is 2.34. The van der Waals surface area contributed by atoms with Gasteiger partial charge in [0.2, 0.25) is 6.29 Å². The molecular weight excluding hydrogens is 162 g/mol. The van der Waals surface area contributed by atoms with Gasteiger partial charge in [-0.1, -0.05) is 0 Å². The lowest BCUT2D eigenvalue weighted by Crippen LogP contribution is -2.14. The molecule has 0 unspecified atom stereocenters. The van der Waals surface area contributed by atoms with E-state index in [1.165, 1.54) is 6.20 Å². The highest BCUT2D eigenvalue weighted by Gasteiger charge is 2.19. The van der Waals surface area contributed by atoms with Crippen molar-refractivity contribution >= 4 is 17.6 Å². The van der Waals surface area contributed by atoms with Crippen LogP contribution < -0.4 is 0 Å². The number of hydrogen-bond donors (Lipinski definition) is 1. The van der Waals surface area contributed by atoms with Crippen LogP contribution >= 0.6 is 11.3 Å². The number of rotatable bonds is 2. The fraction of sp³-hybridized carbons (Fsp3) is 0.429. The Bertz CT molecular complexity index is 262. The predicted octanol–water partition coefficient (Wildman–Crippen LogP) is 0.828. The molecule has 1 N–H and O–H groups in total. The summed E-state index contributed by atoms with van der Waals surface area (Å²) in [7, 11) is 0. The third-order valence-electron chi connectivity index (χ3n) is 1.13. The average molecular weight is 170 g/mol. The molecule has 1 aromatic heterocycles. The molecule has 11 heavy (non-hydrogen) atoms. The lowest BCUT2D eigenvalue weighted by Gasteiger charge is -2.11. The number of aliphatic hydroxyl groups is 1. The summed E-state index contributed by atoms with van der Waals surface area (Å²) >= 11 is 1.16. The normalized spacial score (nSPS) is 11.5. The molecule has 1 rings (SSSR count). The first-order valence-corrected chi connectivity index (χ1v) is 3.92. The topological polar surface area (TPSA) is 50.2 Å². The van der Waals surface area contributed by atoms with E-state index in [0.717, 1.165) is 11.3 Å². The standard InChI is InChI=1S/C7H8NO2S/c1-7(2,10)6-8-3-5(4-9)11-6/h3,10H,1-2H3. The van der Waals surface area contributed by atoms with Gasteiger partial charge in [0, 0.05) is 6.20 Å². The van der Waals surface area contributed by atoms with Crippen molar-refractivity contribution < 1.29 is 9.90 Å². The molecule has 0 aliphatic rings. The molecule has 0 aromatic carbocycles. The SMILES string of the molecule is CC(C)(O)c1ncc([C]=O)s1. The van der Waals surface area contributed by atoms with Crippen molar-refractivity contribution in [3.63, 3.8) is 0 Å². The van der Waals surface area contributed by atoms with E-state index in [1.807, 2.05) is 0 Å². The highest BCUT2D eigenvalue weighted by molar-refractivity contribution is 7.13. The minimum atomic E-state index is -0.959. The van der Waals surface area contributed by atoms with Crippen molar-refractivity contribution in [3.05, 3.63) is 16.1 Å². The molecule has 1 aromatic rings. The minimum absolute atomic E-state index is 0.419. The molecule has 0 aliphatic heterocycles. The molecule has 1 radical (unpaired) electrons. The molecule has 0 amide bonds. The Kier molecular flexibility index (Phi) is 2.06. The van der Waals surface area contributed by atoms with Gasteiger partial charge in [0.05, 0.1) is 4.88 Å². The smallest absolute Gasteiger partial charge is 0.245 e. The first-order chi connectivity index (χ1) is 5.04. The largest absolute Gasteiger partial charge is 0.383 e. The van der Waals surface area contributed by atoms with Crippen LogP contribution in [0.15, 0.2) is 6.20 Å². The summed E-state index contributed by atoms with van der Waals surface area (Å²) in [6, 6.07) is 0. The van der Waals surface area contributed by atoms with E-state index < -0.39 is 5.60 Å². The zero-order chi connectivity index (χ0) is 8.48. The molecule has 0 aliphatic carbocycles. The zero-order valence-electron chi connectivity index (χ0n) is 6.29. The van der Waals surface area contributed by atoms with Gasteiger partial charge >= 0.3 is 0 Å². The van der Waals surface area contributed by atoms with E-state index in [9.17, 15) is 9.90 Å². The van der Waals surface area contributed by atoms with E-state index in [4.69, 9.17) is 0 Å². The summed E-state index contributed by atoms with van der Waals surface area (Å²) < 4.78 is 0. The number of aromatic nitrogens is 1. The first-order valence-electron chi connectivity index (χ1n) is 3.11. The highest BCUT2D eigenvalue weighted by Crippen LogP contribution is 2.23. The van der Waals surface area contributed by atoms with Gasteiger partial charge in [-0.2, -0.15) is 0 Å². The van der Waals surface area contributed by atoms with Gasteiger partial charge in [0.15, 0.2) is 0 Å². The Balaban J connectivity index is 2.98. The van der Waals surface area contributed by atoms with Crippen LogP contribution in [0.25, 0.3) is 0 Å². The Morgan fingerprint density at radius 1 is 1.73 bits per heavy atom.